The zero-order valence-electron chi connectivity index (χ0n) is 10.2. The van der Waals surface area contributed by atoms with Gasteiger partial charge in [-0.15, -0.1) is 0 Å². The van der Waals surface area contributed by atoms with E-state index in [1.165, 1.54) is 0 Å². The highest BCUT2D eigenvalue weighted by atomic mass is 28.4. The van der Waals surface area contributed by atoms with Crippen molar-refractivity contribution in [3.63, 3.8) is 0 Å². The molecule has 0 aromatic carbocycles. The Hall–Kier alpha value is 0.411. The van der Waals surface area contributed by atoms with Gasteiger partial charge in [-0.3, -0.25) is 28.0 Å². The van der Waals surface area contributed by atoms with Gasteiger partial charge in [0, 0.05) is 42.3 Å². The highest BCUT2D eigenvalue weighted by molar-refractivity contribution is 6.64. The summed E-state index contributed by atoms with van der Waals surface area (Å²) in [7, 11) is 14.7. The van der Waals surface area contributed by atoms with Crippen molar-refractivity contribution in [1.82, 2.24) is 28.0 Å². The van der Waals surface area contributed by atoms with Crippen LogP contribution in [0.4, 0.5) is 0 Å². The maximum atomic E-state index is 2.34. The molecule has 0 saturated carbocycles. The molecule has 0 aromatic heterocycles. The Labute approximate surface area is 100 Å². The fourth-order valence-electron chi connectivity index (χ4n) is 0.873. The molecule has 1 fully saturated rings. The second-order valence-corrected chi connectivity index (χ2v) is 8.26. The average molecular weight is 259 g/mol. The number of rotatable bonds is 3. The van der Waals surface area contributed by atoms with Crippen LogP contribution in [0.5, 0.6) is 0 Å². The minimum absolute atomic E-state index is 0.698. The second kappa shape index (κ2) is 5.65. The van der Waals surface area contributed by atoms with Gasteiger partial charge in [0.15, 0.2) is 0 Å². The SMILES string of the molecule is CN(C)N1[Si]N(N(C)C)[Si]N(N(C)C)[Si]1. The second-order valence-electron chi connectivity index (χ2n) is 3.78. The molecule has 0 unspecified atom stereocenters. The van der Waals surface area contributed by atoms with Crippen molar-refractivity contribution in [2.45, 2.75) is 0 Å². The van der Waals surface area contributed by atoms with Gasteiger partial charge in [-0.05, 0) is 0 Å². The van der Waals surface area contributed by atoms with E-state index in [-0.39, 0.29) is 0 Å². The summed E-state index contributed by atoms with van der Waals surface area (Å²) in [5.41, 5.74) is 0. The highest BCUT2D eigenvalue weighted by Gasteiger charge is 2.31. The fraction of sp³-hybridized carbons (Fsp3) is 1.00. The zero-order valence-corrected chi connectivity index (χ0v) is 13.2. The molecule has 0 bridgehead atoms. The maximum Gasteiger partial charge on any atom is 0.269 e. The quantitative estimate of drug-likeness (QED) is 0.539. The van der Waals surface area contributed by atoms with Gasteiger partial charge in [-0.25, -0.2) is 0 Å². The summed E-state index contributed by atoms with van der Waals surface area (Å²) in [5, 5.41) is 6.48. The molecule has 15 heavy (non-hydrogen) atoms. The topological polar surface area (TPSA) is 19.4 Å². The number of hydrazine groups is 3. The molecule has 0 atom stereocenters. The van der Waals surface area contributed by atoms with E-state index in [2.05, 4.69) is 70.3 Å². The first-order valence-corrected chi connectivity index (χ1v) is 7.31. The van der Waals surface area contributed by atoms with Crippen molar-refractivity contribution in [3.05, 3.63) is 0 Å². The Kier molecular flexibility index (Phi) is 5.08. The minimum Gasteiger partial charge on any atom is -0.259 e. The lowest BCUT2D eigenvalue weighted by atomic mass is 11.2. The predicted molar refractivity (Wildman–Crippen MR) is 63.8 cm³/mol. The van der Waals surface area contributed by atoms with Crippen LogP contribution in [0.25, 0.3) is 0 Å². The molecule has 1 saturated heterocycles. The summed E-state index contributed by atoms with van der Waals surface area (Å²) in [6.07, 6.45) is 0. The van der Waals surface area contributed by atoms with Gasteiger partial charge < -0.3 is 0 Å². The van der Waals surface area contributed by atoms with Crippen LogP contribution < -0.4 is 0 Å². The average Bonchev–Trinajstić information content (AvgIpc) is 2.16. The van der Waals surface area contributed by atoms with Crippen LogP contribution in [0.3, 0.4) is 0 Å². The third kappa shape index (κ3) is 3.72. The number of hydrogen-bond acceptors (Lipinski definition) is 6. The first kappa shape index (κ1) is 13.5. The lowest BCUT2D eigenvalue weighted by molar-refractivity contribution is 0.108. The van der Waals surface area contributed by atoms with Gasteiger partial charge >= 0.3 is 0 Å². The van der Waals surface area contributed by atoms with Crippen LogP contribution in [0.1, 0.15) is 0 Å². The van der Waals surface area contributed by atoms with Gasteiger partial charge in [-0.2, -0.15) is 0 Å². The number of hydrogen-bond donors (Lipinski definition) is 0. The predicted octanol–water partition coefficient (Wildman–Crippen LogP) is -2.06. The highest BCUT2D eigenvalue weighted by Crippen LogP contribution is 2.04. The van der Waals surface area contributed by atoms with E-state index in [1.54, 1.807) is 0 Å². The molecule has 9 heteroatoms. The fourth-order valence-corrected chi connectivity index (χ4v) is 5.63. The van der Waals surface area contributed by atoms with Gasteiger partial charge in [0.05, 0.1) is 0 Å². The molecular weight excluding hydrogens is 240 g/mol. The summed E-state index contributed by atoms with van der Waals surface area (Å²) < 4.78 is 7.03. The van der Waals surface area contributed by atoms with Crippen molar-refractivity contribution in [2.75, 3.05) is 42.3 Å². The Morgan fingerprint density at radius 2 is 0.733 bits per heavy atom. The Morgan fingerprint density at radius 1 is 0.533 bits per heavy atom. The largest absolute Gasteiger partial charge is 0.269 e. The molecule has 1 heterocycles. The lowest BCUT2D eigenvalue weighted by Gasteiger charge is -2.45. The van der Waals surface area contributed by atoms with Gasteiger partial charge in [0.25, 0.3) is 29.5 Å². The summed E-state index contributed by atoms with van der Waals surface area (Å²) in [6, 6.07) is 0. The first-order valence-electron chi connectivity index (χ1n) is 4.62. The minimum atomic E-state index is 0.698. The molecule has 0 N–H and O–H groups in total. The maximum absolute atomic E-state index is 2.34. The van der Waals surface area contributed by atoms with Gasteiger partial charge in [-0.1, -0.05) is 0 Å². The zero-order chi connectivity index (χ0) is 11.6. The molecule has 0 spiro atoms. The molecule has 0 aromatic rings. The van der Waals surface area contributed by atoms with Crippen LogP contribution in [0, 0.1) is 0 Å². The molecule has 6 radical (unpaired) electrons. The third-order valence-corrected chi connectivity index (χ3v) is 7.10. The summed E-state index contributed by atoms with van der Waals surface area (Å²) >= 11 is 0. The summed E-state index contributed by atoms with van der Waals surface area (Å²) in [4.78, 5) is 0. The van der Waals surface area contributed by atoms with E-state index in [9.17, 15) is 0 Å². The van der Waals surface area contributed by atoms with Gasteiger partial charge in [0.2, 0.25) is 0 Å². The number of nitrogens with zero attached hydrogens (tertiary/aromatic N) is 6. The van der Waals surface area contributed by atoms with Crippen molar-refractivity contribution in [1.29, 1.82) is 0 Å². The van der Waals surface area contributed by atoms with Crippen LogP contribution in [0.15, 0.2) is 0 Å². The molecule has 0 aliphatic carbocycles. The molecule has 1 rings (SSSR count). The van der Waals surface area contributed by atoms with Crippen molar-refractivity contribution in [2.24, 2.45) is 0 Å². The van der Waals surface area contributed by atoms with Crippen LogP contribution in [-0.4, -0.2) is 99.9 Å². The Bertz CT molecular complexity index is 162. The van der Waals surface area contributed by atoms with E-state index in [4.69, 9.17) is 0 Å². The monoisotopic (exact) mass is 258 g/mol. The van der Waals surface area contributed by atoms with E-state index in [0.717, 1.165) is 0 Å². The molecule has 84 valence electrons. The Morgan fingerprint density at radius 3 is 0.867 bits per heavy atom. The van der Waals surface area contributed by atoms with Crippen molar-refractivity contribution >= 4 is 29.5 Å². The van der Waals surface area contributed by atoms with E-state index in [1.807, 2.05) is 0 Å². The summed E-state index contributed by atoms with van der Waals surface area (Å²) in [6.45, 7) is 0. The first-order chi connectivity index (χ1) is 6.91. The van der Waals surface area contributed by atoms with Crippen LogP contribution in [-0.2, 0) is 0 Å². The molecular formula is C6H18N6Si3. The third-order valence-electron chi connectivity index (χ3n) is 1.77. The van der Waals surface area contributed by atoms with Crippen LogP contribution >= 0.6 is 0 Å². The standard InChI is InChI=1S/C6H18N6Si3/c1-7(2)10-13-11(8(3)4)15-12(14-10)9(5)6/h1-6H3. The smallest absolute Gasteiger partial charge is 0.259 e. The summed E-state index contributed by atoms with van der Waals surface area (Å²) in [5.74, 6) is 0. The van der Waals surface area contributed by atoms with E-state index >= 15 is 0 Å². The van der Waals surface area contributed by atoms with Crippen LogP contribution in [0.2, 0.25) is 0 Å². The normalized spacial score (nSPS) is 22.2. The Balaban J connectivity index is 2.64. The van der Waals surface area contributed by atoms with E-state index < -0.39 is 0 Å². The van der Waals surface area contributed by atoms with Gasteiger partial charge in [0.1, 0.15) is 0 Å². The molecule has 6 nitrogen and oxygen atoms in total. The molecule has 0 amide bonds. The molecule has 1 aliphatic rings. The van der Waals surface area contributed by atoms with Crippen molar-refractivity contribution < 1.29 is 0 Å². The lowest BCUT2D eigenvalue weighted by Crippen LogP contribution is -2.69. The van der Waals surface area contributed by atoms with Crippen molar-refractivity contribution in [3.8, 4) is 0 Å². The van der Waals surface area contributed by atoms with E-state index in [0.29, 0.717) is 29.5 Å². The molecule has 1 aliphatic heterocycles.